The summed E-state index contributed by atoms with van der Waals surface area (Å²) in [5.41, 5.74) is 3.00. The van der Waals surface area contributed by atoms with Crippen LogP contribution in [0.3, 0.4) is 0 Å². The molecule has 0 fully saturated rings. The molecule has 1 atom stereocenters. The zero-order valence-electron chi connectivity index (χ0n) is 19.8. The van der Waals surface area contributed by atoms with E-state index in [4.69, 9.17) is 4.74 Å². The predicted octanol–water partition coefficient (Wildman–Crippen LogP) is 6.05. The van der Waals surface area contributed by atoms with Crippen LogP contribution < -0.4 is 4.74 Å². The quantitative estimate of drug-likeness (QED) is 0.488. The van der Waals surface area contributed by atoms with E-state index in [9.17, 15) is 5.11 Å². The molecule has 0 spiro atoms. The van der Waals surface area contributed by atoms with Gasteiger partial charge in [0.05, 0.1) is 0 Å². The topological polar surface area (TPSA) is 32.7 Å². The Kier molecular flexibility index (Phi) is 8.93. The molecule has 0 aliphatic rings. The van der Waals surface area contributed by atoms with E-state index in [1.807, 2.05) is 18.2 Å². The van der Waals surface area contributed by atoms with Crippen LogP contribution in [0.15, 0.2) is 54.6 Å². The number of hydrogen-bond acceptors (Lipinski definition) is 3. The minimum atomic E-state index is -0.516. The fourth-order valence-corrected chi connectivity index (χ4v) is 4.37. The Morgan fingerprint density at radius 2 is 1.57 bits per heavy atom. The first-order valence-electron chi connectivity index (χ1n) is 11.3. The van der Waals surface area contributed by atoms with Crippen LogP contribution >= 0.6 is 0 Å². The first-order valence-corrected chi connectivity index (χ1v) is 11.3. The van der Waals surface area contributed by atoms with Crippen LogP contribution in [-0.4, -0.2) is 35.8 Å². The van der Waals surface area contributed by atoms with Gasteiger partial charge in [0, 0.05) is 13.1 Å². The molecule has 30 heavy (non-hydrogen) atoms. The third-order valence-electron chi connectivity index (χ3n) is 5.31. The Balaban J connectivity index is 1.88. The Bertz CT molecular complexity index is 732. The van der Waals surface area contributed by atoms with Gasteiger partial charge in [0.25, 0.3) is 0 Å². The standard InChI is InChI=1S/C27H41NO2/c1-7-17-28(18-22-11-9-8-10-12-22)19-24(29)20-30-25-15-13-23(14-16-25)27(5,6)21-26(2,3)4/h8-16,24,29H,7,17-21H2,1-6H3/t24-/m0/s1. The molecular weight excluding hydrogens is 370 g/mol. The van der Waals surface area contributed by atoms with E-state index in [2.05, 4.69) is 82.8 Å². The minimum Gasteiger partial charge on any atom is -0.491 e. The molecule has 3 heteroatoms. The van der Waals surface area contributed by atoms with Crippen molar-refractivity contribution in [3.8, 4) is 5.75 Å². The smallest absolute Gasteiger partial charge is 0.119 e. The van der Waals surface area contributed by atoms with E-state index in [1.165, 1.54) is 11.1 Å². The molecule has 2 aromatic carbocycles. The summed E-state index contributed by atoms with van der Waals surface area (Å²) in [6.45, 7) is 16.4. The normalized spacial score (nSPS) is 13.5. The molecule has 0 radical (unpaired) electrons. The first-order chi connectivity index (χ1) is 14.1. The fourth-order valence-electron chi connectivity index (χ4n) is 4.37. The van der Waals surface area contributed by atoms with Gasteiger partial charge in [-0.25, -0.2) is 0 Å². The summed E-state index contributed by atoms with van der Waals surface area (Å²) in [5.74, 6) is 0.814. The van der Waals surface area contributed by atoms with Gasteiger partial charge in [-0.15, -0.1) is 0 Å². The summed E-state index contributed by atoms with van der Waals surface area (Å²) in [6.07, 6.45) is 1.66. The number of hydrogen-bond donors (Lipinski definition) is 1. The zero-order chi connectivity index (χ0) is 22.2. The molecule has 0 amide bonds. The third kappa shape index (κ3) is 8.49. The van der Waals surface area contributed by atoms with E-state index in [1.54, 1.807) is 0 Å². The molecule has 166 valence electrons. The van der Waals surface area contributed by atoms with Gasteiger partial charge >= 0.3 is 0 Å². The van der Waals surface area contributed by atoms with Crippen molar-refractivity contribution in [1.29, 1.82) is 0 Å². The van der Waals surface area contributed by atoms with Gasteiger partial charge < -0.3 is 9.84 Å². The summed E-state index contributed by atoms with van der Waals surface area (Å²) in [5, 5.41) is 10.5. The maximum Gasteiger partial charge on any atom is 0.119 e. The SMILES string of the molecule is CCCN(Cc1ccccc1)C[C@H](O)COc1ccc(C(C)(C)CC(C)(C)C)cc1. The number of benzene rings is 2. The second kappa shape index (κ2) is 11.0. The minimum absolute atomic E-state index is 0.119. The molecule has 0 aliphatic heterocycles. The first kappa shape index (κ1) is 24.4. The molecule has 0 saturated heterocycles. The van der Waals surface area contributed by atoms with Crippen LogP contribution in [0, 0.1) is 5.41 Å². The van der Waals surface area contributed by atoms with Gasteiger partial charge in [-0.3, -0.25) is 4.90 Å². The van der Waals surface area contributed by atoms with E-state index >= 15 is 0 Å². The van der Waals surface area contributed by atoms with Crippen molar-refractivity contribution in [3.63, 3.8) is 0 Å². The monoisotopic (exact) mass is 411 g/mol. The molecule has 0 bridgehead atoms. The zero-order valence-corrected chi connectivity index (χ0v) is 19.8. The highest BCUT2D eigenvalue weighted by atomic mass is 16.5. The molecule has 0 unspecified atom stereocenters. The average molecular weight is 412 g/mol. The van der Waals surface area contributed by atoms with Crippen LogP contribution in [0.5, 0.6) is 5.75 Å². The van der Waals surface area contributed by atoms with Gasteiger partial charge in [-0.05, 0) is 53.5 Å². The fraction of sp³-hybridized carbons (Fsp3) is 0.556. The highest BCUT2D eigenvalue weighted by Gasteiger charge is 2.27. The summed E-state index contributed by atoms with van der Waals surface area (Å²) < 4.78 is 5.89. The van der Waals surface area contributed by atoms with E-state index in [0.717, 1.165) is 31.7 Å². The molecular formula is C27H41NO2. The number of ether oxygens (including phenoxy) is 1. The molecule has 2 rings (SSSR count). The van der Waals surface area contributed by atoms with Gasteiger partial charge in [0.2, 0.25) is 0 Å². The van der Waals surface area contributed by atoms with E-state index in [-0.39, 0.29) is 10.8 Å². The van der Waals surface area contributed by atoms with Gasteiger partial charge in [-0.1, -0.05) is 84.0 Å². The lowest BCUT2D eigenvalue weighted by atomic mass is 9.72. The lowest BCUT2D eigenvalue weighted by Gasteiger charge is -2.33. The summed E-state index contributed by atoms with van der Waals surface area (Å²) >= 11 is 0. The molecule has 0 aliphatic carbocycles. The van der Waals surface area contributed by atoms with Crippen molar-refractivity contribution in [1.82, 2.24) is 4.90 Å². The molecule has 0 heterocycles. The number of rotatable bonds is 11. The Morgan fingerprint density at radius 1 is 0.933 bits per heavy atom. The van der Waals surface area contributed by atoms with Crippen LogP contribution in [-0.2, 0) is 12.0 Å². The van der Waals surface area contributed by atoms with Crippen molar-refractivity contribution in [3.05, 3.63) is 65.7 Å². The van der Waals surface area contributed by atoms with Crippen molar-refractivity contribution in [2.75, 3.05) is 19.7 Å². The molecule has 0 aromatic heterocycles. The van der Waals surface area contributed by atoms with Crippen molar-refractivity contribution in [2.24, 2.45) is 5.41 Å². The maximum atomic E-state index is 10.5. The van der Waals surface area contributed by atoms with Gasteiger partial charge in [0.15, 0.2) is 0 Å². The van der Waals surface area contributed by atoms with Crippen LogP contribution in [0.1, 0.15) is 65.5 Å². The second-order valence-corrected chi connectivity index (χ2v) is 10.3. The Labute approximate surface area is 184 Å². The molecule has 2 aromatic rings. The number of aliphatic hydroxyl groups excluding tert-OH is 1. The second-order valence-electron chi connectivity index (χ2n) is 10.3. The Hall–Kier alpha value is -1.84. The molecule has 0 saturated carbocycles. The van der Waals surface area contributed by atoms with Gasteiger partial charge in [0.1, 0.15) is 18.5 Å². The average Bonchev–Trinajstić information content (AvgIpc) is 2.66. The van der Waals surface area contributed by atoms with Crippen LogP contribution in [0.2, 0.25) is 0 Å². The van der Waals surface area contributed by atoms with E-state index < -0.39 is 6.10 Å². The predicted molar refractivity (Wildman–Crippen MR) is 127 cm³/mol. The summed E-state index contributed by atoms with van der Waals surface area (Å²) in [7, 11) is 0. The summed E-state index contributed by atoms with van der Waals surface area (Å²) in [6, 6.07) is 18.8. The van der Waals surface area contributed by atoms with Crippen LogP contribution in [0.25, 0.3) is 0 Å². The number of aliphatic hydroxyl groups is 1. The summed E-state index contributed by atoms with van der Waals surface area (Å²) in [4.78, 5) is 2.29. The maximum absolute atomic E-state index is 10.5. The Morgan fingerprint density at radius 3 is 2.13 bits per heavy atom. The molecule has 1 N–H and O–H groups in total. The van der Waals surface area contributed by atoms with Crippen molar-refractivity contribution < 1.29 is 9.84 Å². The third-order valence-corrected chi connectivity index (χ3v) is 5.31. The van der Waals surface area contributed by atoms with Crippen molar-refractivity contribution >= 4 is 0 Å². The largest absolute Gasteiger partial charge is 0.491 e. The lowest BCUT2D eigenvalue weighted by Crippen LogP contribution is -2.35. The lowest BCUT2D eigenvalue weighted by molar-refractivity contribution is 0.0656. The highest BCUT2D eigenvalue weighted by Crippen LogP contribution is 2.36. The van der Waals surface area contributed by atoms with Crippen molar-refractivity contribution in [2.45, 2.75) is 72.4 Å². The van der Waals surface area contributed by atoms with Crippen LogP contribution in [0.4, 0.5) is 0 Å². The number of nitrogens with zero attached hydrogens (tertiary/aromatic N) is 1. The van der Waals surface area contributed by atoms with Gasteiger partial charge in [-0.2, -0.15) is 0 Å². The molecule has 3 nitrogen and oxygen atoms in total. The highest BCUT2D eigenvalue weighted by molar-refractivity contribution is 5.31. The van der Waals surface area contributed by atoms with E-state index in [0.29, 0.717) is 13.2 Å².